The Morgan fingerprint density at radius 2 is 1.96 bits per heavy atom. The molecule has 8 heteroatoms. The Kier molecular flexibility index (Phi) is 4.89. The molecule has 0 bridgehead atoms. The van der Waals surface area contributed by atoms with E-state index in [1.165, 1.54) is 12.1 Å². The van der Waals surface area contributed by atoms with Gasteiger partial charge < -0.3 is 15.4 Å². The molecule has 0 fully saturated rings. The Labute approximate surface area is 154 Å². The minimum Gasteiger partial charge on any atom is -0.480 e. The number of H-pyrrole nitrogens is 1. The molecule has 0 saturated carbocycles. The molecule has 1 atom stereocenters. The number of carbonyl (C=O) groups excluding carboxylic acids is 1. The van der Waals surface area contributed by atoms with E-state index in [9.17, 15) is 24.8 Å². The second-order valence-corrected chi connectivity index (χ2v) is 6.21. The maximum atomic E-state index is 12.4. The summed E-state index contributed by atoms with van der Waals surface area (Å²) in [5.41, 5.74) is 1.81. The summed E-state index contributed by atoms with van der Waals surface area (Å²) in [5, 5.41) is 23.9. The van der Waals surface area contributed by atoms with E-state index in [0.717, 1.165) is 17.0 Å². The van der Waals surface area contributed by atoms with E-state index < -0.39 is 22.8 Å². The molecule has 0 aliphatic rings. The molecule has 3 N–H and O–H groups in total. The van der Waals surface area contributed by atoms with Crippen LogP contribution in [-0.4, -0.2) is 32.9 Å². The maximum absolute atomic E-state index is 12.4. The minimum absolute atomic E-state index is 0.0372. The number of carboxylic acid groups (broad SMARTS) is 1. The number of nitrogens with zero attached hydrogens (tertiary/aromatic N) is 1. The summed E-state index contributed by atoms with van der Waals surface area (Å²) in [7, 11) is 0. The Morgan fingerprint density at radius 3 is 2.63 bits per heavy atom. The zero-order valence-corrected chi connectivity index (χ0v) is 14.4. The number of nitro groups is 1. The van der Waals surface area contributed by atoms with E-state index in [2.05, 4.69) is 10.3 Å². The van der Waals surface area contributed by atoms with E-state index in [-0.39, 0.29) is 17.7 Å². The van der Waals surface area contributed by atoms with Gasteiger partial charge in [-0.05, 0) is 30.5 Å². The number of aromatic amines is 1. The zero-order valence-electron chi connectivity index (χ0n) is 14.4. The van der Waals surface area contributed by atoms with Gasteiger partial charge in [0.25, 0.3) is 11.6 Å². The molecule has 0 aliphatic carbocycles. The number of para-hydroxylation sites is 1. The average molecular weight is 367 g/mol. The molecule has 2 aromatic carbocycles. The van der Waals surface area contributed by atoms with Crippen LogP contribution in [0.15, 0.2) is 48.5 Å². The van der Waals surface area contributed by atoms with E-state index in [1.807, 2.05) is 30.3 Å². The first-order chi connectivity index (χ1) is 12.8. The van der Waals surface area contributed by atoms with Crippen molar-refractivity contribution in [1.82, 2.24) is 10.3 Å². The molecule has 8 nitrogen and oxygen atoms in total. The first-order valence-electron chi connectivity index (χ1n) is 8.20. The van der Waals surface area contributed by atoms with Crippen LogP contribution in [0.25, 0.3) is 10.9 Å². The van der Waals surface area contributed by atoms with Gasteiger partial charge in [-0.15, -0.1) is 0 Å². The van der Waals surface area contributed by atoms with Gasteiger partial charge in [-0.25, -0.2) is 4.79 Å². The monoisotopic (exact) mass is 367 g/mol. The number of aliphatic carboxylic acids is 1. The van der Waals surface area contributed by atoms with Crippen LogP contribution in [-0.2, 0) is 11.2 Å². The van der Waals surface area contributed by atoms with Crippen molar-refractivity contribution in [2.45, 2.75) is 19.4 Å². The number of aryl methyl sites for hydroxylation is 1. The number of hydrogen-bond acceptors (Lipinski definition) is 4. The van der Waals surface area contributed by atoms with Gasteiger partial charge >= 0.3 is 5.97 Å². The van der Waals surface area contributed by atoms with Gasteiger partial charge in [-0.2, -0.15) is 0 Å². The largest absolute Gasteiger partial charge is 0.480 e. The van der Waals surface area contributed by atoms with Crippen LogP contribution in [0, 0.1) is 17.0 Å². The van der Waals surface area contributed by atoms with E-state index in [4.69, 9.17) is 0 Å². The summed E-state index contributed by atoms with van der Waals surface area (Å²) >= 11 is 0. The quantitative estimate of drug-likeness (QED) is 0.456. The normalized spacial score (nSPS) is 11.9. The van der Waals surface area contributed by atoms with Crippen LogP contribution in [0.2, 0.25) is 0 Å². The third kappa shape index (κ3) is 3.95. The molecule has 3 aromatic rings. The molecule has 0 saturated heterocycles. The summed E-state index contributed by atoms with van der Waals surface area (Å²) in [6.45, 7) is 1.57. The number of nitrogens with one attached hydrogen (secondary N) is 2. The fourth-order valence-corrected chi connectivity index (χ4v) is 2.85. The number of nitro benzene ring substituents is 1. The Morgan fingerprint density at radius 1 is 1.22 bits per heavy atom. The second-order valence-electron chi connectivity index (χ2n) is 6.21. The molecular weight excluding hydrogens is 350 g/mol. The van der Waals surface area contributed by atoms with Gasteiger partial charge in [0, 0.05) is 34.8 Å². The fraction of sp³-hybridized carbons (Fsp3) is 0.158. The molecule has 27 heavy (non-hydrogen) atoms. The third-order valence-electron chi connectivity index (χ3n) is 4.28. The lowest BCUT2D eigenvalue weighted by Gasteiger charge is -2.14. The maximum Gasteiger partial charge on any atom is 0.326 e. The first-order valence-corrected chi connectivity index (χ1v) is 8.20. The van der Waals surface area contributed by atoms with Crippen LogP contribution in [0.3, 0.4) is 0 Å². The Hall–Kier alpha value is -3.68. The SMILES string of the molecule is Cc1ccc(C(=O)NC(Cc2cc3ccccc3[nH]2)C(=O)O)cc1[N+](=O)[O-]. The Bertz CT molecular complexity index is 1010. The van der Waals surface area contributed by atoms with Crippen molar-refractivity contribution in [1.29, 1.82) is 0 Å². The highest BCUT2D eigenvalue weighted by Gasteiger charge is 2.23. The number of hydrogen-bond donors (Lipinski definition) is 3. The summed E-state index contributed by atoms with van der Waals surface area (Å²) in [6.07, 6.45) is 0.0592. The summed E-state index contributed by atoms with van der Waals surface area (Å²) in [5.74, 6) is -1.87. The Balaban J connectivity index is 1.80. The van der Waals surface area contributed by atoms with Crippen molar-refractivity contribution in [2.75, 3.05) is 0 Å². The number of rotatable bonds is 6. The van der Waals surface area contributed by atoms with Crippen LogP contribution in [0.1, 0.15) is 21.6 Å². The third-order valence-corrected chi connectivity index (χ3v) is 4.28. The van der Waals surface area contributed by atoms with Crippen molar-refractivity contribution in [2.24, 2.45) is 0 Å². The number of benzene rings is 2. The molecule has 1 amide bonds. The predicted octanol–water partition coefficient (Wildman–Crippen LogP) is 2.81. The standard InChI is InChI=1S/C19H17N3O5/c1-11-6-7-13(9-17(11)22(26)27)18(23)21-16(19(24)25)10-14-8-12-4-2-3-5-15(12)20-14/h2-9,16,20H,10H2,1H3,(H,21,23)(H,24,25). The molecule has 0 aliphatic heterocycles. The highest BCUT2D eigenvalue weighted by molar-refractivity contribution is 5.97. The molecule has 1 aromatic heterocycles. The van der Waals surface area contributed by atoms with Crippen molar-refractivity contribution in [3.63, 3.8) is 0 Å². The lowest BCUT2D eigenvalue weighted by Crippen LogP contribution is -2.42. The van der Waals surface area contributed by atoms with Crippen LogP contribution >= 0.6 is 0 Å². The molecule has 1 unspecified atom stereocenters. The van der Waals surface area contributed by atoms with E-state index in [0.29, 0.717) is 11.3 Å². The summed E-state index contributed by atoms with van der Waals surface area (Å²) in [4.78, 5) is 37.6. The number of amides is 1. The van der Waals surface area contributed by atoms with Gasteiger partial charge in [0.05, 0.1) is 4.92 Å². The lowest BCUT2D eigenvalue weighted by molar-refractivity contribution is -0.385. The molecular formula is C19H17N3O5. The molecule has 0 spiro atoms. The van der Waals surface area contributed by atoms with Crippen molar-refractivity contribution in [3.05, 3.63) is 75.5 Å². The van der Waals surface area contributed by atoms with Crippen LogP contribution in [0.4, 0.5) is 5.69 Å². The smallest absolute Gasteiger partial charge is 0.326 e. The molecule has 138 valence electrons. The van der Waals surface area contributed by atoms with Crippen molar-refractivity contribution < 1.29 is 19.6 Å². The highest BCUT2D eigenvalue weighted by atomic mass is 16.6. The molecule has 0 radical (unpaired) electrons. The second kappa shape index (κ2) is 7.28. The van der Waals surface area contributed by atoms with Crippen molar-refractivity contribution in [3.8, 4) is 0 Å². The number of carbonyl (C=O) groups is 2. The minimum atomic E-state index is -1.19. The van der Waals surface area contributed by atoms with E-state index in [1.54, 1.807) is 6.92 Å². The van der Waals surface area contributed by atoms with Gasteiger partial charge in [-0.1, -0.05) is 24.3 Å². The predicted molar refractivity (Wildman–Crippen MR) is 98.7 cm³/mol. The average Bonchev–Trinajstić information content (AvgIpc) is 3.03. The first kappa shape index (κ1) is 18.1. The van der Waals surface area contributed by atoms with Crippen molar-refractivity contribution >= 4 is 28.5 Å². The number of fused-ring (bicyclic) bond motifs is 1. The summed E-state index contributed by atoms with van der Waals surface area (Å²) in [6, 6.07) is 12.2. The lowest BCUT2D eigenvalue weighted by atomic mass is 10.1. The van der Waals surface area contributed by atoms with Gasteiger partial charge in [0.15, 0.2) is 0 Å². The highest BCUT2D eigenvalue weighted by Crippen LogP contribution is 2.20. The van der Waals surface area contributed by atoms with Gasteiger partial charge in [0.1, 0.15) is 6.04 Å². The fourth-order valence-electron chi connectivity index (χ4n) is 2.85. The molecule has 3 rings (SSSR count). The van der Waals surface area contributed by atoms with Gasteiger partial charge in [0.2, 0.25) is 0 Å². The topological polar surface area (TPSA) is 125 Å². The number of carboxylic acids is 1. The number of aromatic nitrogens is 1. The summed E-state index contributed by atoms with van der Waals surface area (Å²) < 4.78 is 0. The molecule has 1 heterocycles. The van der Waals surface area contributed by atoms with E-state index >= 15 is 0 Å². The zero-order chi connectivity index (χ0) is 19.6. The van der Waals surface area contributed by atoms with Gasteiger partial charge in [-0.3, -0.25) is 14.9 Å². The van der Waals surface area contributed by atoms with Crippen LogP contribution < -0.4 is 5.32 Å². The van der Waals surface area contributed by atoms with Crippen LogP contribution in [0.5, 0.6) is 0 Å².